The minimum Gasteiger partial charge on any atom is -0.423 e. The average molecular weight is 302 g/mol. The lowest BCUT2D eigenvalue weighted by Gasteiger charge is -2.32. The van der Waals surface area contributed by atoms with Crippen molar-refractivity contribution in [1.29, 1.82) is 0 Å². The number of hydrogen-bond acceptors (Lipinski definition) is 6. The van der Waals surface area contributed by atoms with E-state index in [0.29, 0.717) is 5.92 Å². The van der Waals surface area contributed by atoms with Crippen LogP contribution >= 0.6 is 0 Å². The highest BCUT2D eigenvalue weighted by molar-refractivity contribution is 5.01. The summed E-state index contributed by atoms with van der Waals surface area (Å²) in [5.74, 6) is 2.12. The molecule has 2 aliphatic rings. The molecule has 0 spiro atoms. The highest BCUT2D eigenvalue weighted by Crippen LogP contribution is 2.37. The molecule has 2 fully saturated rings. The summed E-state index contributed by atoms with van der Waals surface area (Å²) in [5, 5.41) is 16.8. The first-order valence-corrected chi connectivity index (χ1v) is 8.22. The third-order valence-corrected chi connectivity index (χ3v) is 4.82. The van der Waals surface area contributed by atoms with Crippen LogP contribution in [0.15, 0.2) is 10.6 Å². The van der Waals surface area contributed by atoms with Crippen LogP contribution < -0.4 is 0 Å². The Hall–Kier alpha value is -1.76. The number of nitrogens with zero attached hydrogens (tertiary/aromatic N) is 6. The molecule has 7 heteroatoms. The van der Waals surface area contributed by atoms with Crippen LogP contribution in [0.3, 0.4) is 0 Å². The molecule has 1 aliphatic carbocycles. The van der Waals surface area contributed by atoms with Gasteiger partial charge in [-0.25, -0.2) is 0 Å². The van der Waals surface area contributed by atoms with Gasteiger partial charge in [-0.2, -0.15) is 0 Å². The highest BCUT2D eigenvalue weighted by Gasteiger charge is 2.31. The average Bonchev–Trinajstić information content (AvgIpc) is 3.08. The second-order valence-electron chi connectivity index (χ2n) is 6.47. The van der Waals surface area contributed by atoms with Crippen molar-refractivity contribution in [1.82, 2.24) is 30.1 Å². The molecule has 3 heterocycles. The Bertz CT molecular complexity index is 632. The van der Waals surface area contributed by atoms with Gasteiger partial charge in [0.2, 0.25) is 11.8 Å². The van der Waals surface area contributed by atoms with Crippen molar-refractivity contribution in [2.75, 3.05) is 6.54 Å². The predicted molar refractivity (Wildman–Crippen MR) is 78.9 cm³/mol. The smallest absolute Gasteiger partial charge is 0.233 e. The number of likely N-dealkylation sites (tertiary alicyclic amines) is 1. The van der Waals surface area contributed by atoms with Crippen molar-refractivity contribution in [2.45, 2.75) is 57.0 Å². The molecule has 2 aromatic rings. The molecule has 0 amide bonds. The fraction of sp³-hybridized carbons (Fsp3) is 0.733. The van der Waals surface area contributed by atoms with E-state index in [2.05, 4.69) is 25.4 Å². The normalized spacial score (nSPS) is 23.6. The summed E-state index contributed by atoms with van der Waals surface area (Å²) in [7, 11) is 1.90. The van der Waals surface area contributed by atoms with Crippen LogP contribution in [0.25, 0.3) is 0 Å². The van der Waals surface area contributed by atoms with Crippen LogP contribution in [0.4, 0.5) is 0 Å². The Kier molecular flexibility index (Phi) is 3.65. The fourth-order valence-corrected chi connectivity index (χ4v) is 3.34. The van der Waals surface area contributed by atoms with Gasteiger partial charge < -0.3 is 4.42 Å². The maximum Gasteiger partial charge on any atom is 0.233 e. The zero-order chi connectivity index (χ0) is 14.9. The molecule has 1 unspecified atom stereocenters. The minimum atomic E-state index is 0.220. The van der Waals surface area contributed by atoms with Crippen LogP contribution in [-0.4, -0.2) is 36.6 Å². The molecule has 1 saturated heterocycles. The van der Waals surface area contributed by atoms with E-state index in [9.17, 15) is 0 Å². The zero-order valence-corrected chi connectivity index (χ0v) is 13.0. The molecule has 0 bridgehead atoms. The van der Waals surface area contributed by atoms with E-state index in [1.807, 2.05) is 13.2 Å². The molecule has 2 aromatic heterocycles. The summed E-state index contributed by atoms with van der Waals surface area (Å²) >= 11 is 0. The summed E-state index contributed by atoms with van der Waals surface area (Å²) in [4.78, 5) is 2.39. The van der Waals surface area contributed by atoms with Crippen LogP contribution in [0.2, 0.25) is 0 Å². The van der Waals surface area contributed by atoms with Gasteiger partial charge in [0.25, 0.3) is 0 Å². The number of piperidine rings is 1. The van der Waals surface area contributed by atoms with Gasteiger partial charge in [0.1, 0.15) is 0 Å². The van der Waals surface area contributed by atoms with E-state index in [1.165, 1.54) is 32.1 Å². The van der Waals surface area contributed by atoms with Crippen molar-refractivity contribution in [2.24, 2.45) is 7.05 Å². The Morgan fingerprint density at radius 2 is 1.95 bits per heavy atom. The van der Waals surface area contributed by atoms with Crippen molar-refractivity contribution < 1.29 is 4.42 Å². The summed E-state index contributed by atoms with van der Waals surface area (Å²) in [6.07, 6.45) is 9.13. The molecule has 0 aromatic carbocycles. The maximum absolute atomic E-state index is 6.00. The highest BCUT2D eigenvalue weighted by atomic mass is 16.4. The van der Waals surface area contributed by atoms with Crippen LogP contribution in [0, 0.1) is 0 Å². The van der Waals surface area contributed by atoms with Gasteiger partial charge in [-0.1, -0.05) is 18.1 Å². The Morgan fingerprint density at radius 1 is 1.09 bits per heavy atom. The summed E-state index contributed by atoms with van der Waals surface area (Å²) in [6, 6.07) is 0.220. The van der Waals surface area contributed by atoms with Crippen molar-refractivity contribution in [3.05, 3.63) is 23.7 Å². The van der Waals surface area contributed by atoms with Crippen molar-refractivity contribution >= 4 is 0 Å². The lowest BCUT2D eigenvalue weighted by molar-refractivity contribution is 0.113. The number of hydrogen-bond donors (Lipinski definition) is 0. The monoisotopic (exact) mass is 302 g/mol. The van der Waals surface area contributed by atoms with Crippen LogP contribution in [0.5, 0.6) is 0 Å². The lowest BCUT2D eigenvalue weighted by atomic mass is 9.85. The second-order valence-corrected chi connectivity index (χ2v) is 6.47. The quantitative estimate of drug-likeness (QED) is 0.862. The van der Waals surface area contributed by atoms with E-state index >= 15 is 0 Å². The second kappa shape index (κ2) is 5.79. The predicted octanol–water partition coefficient (Wildman–Crippen LogP) is 2.19. The molecule has 1 aliphatic heterocycles. The Balaban J connectivity index is 1.50. The van der Waals surface area contributed by atoms with Crippen molar-refractivity contribution in [3.63, 3.8) is 0 Å². The molecule has 7 nitrogen and oxygen atoms in total. The standard InChI is InChI=1S/C15H22N6O/c1-20-9-12(16-19-20)10-21-8-3-2-7-13(21)15-18-17-14(22-15)11-5-4-6-11/h9,11,13H,2-8,10H2,1H3. The van der Waals surface area contributed by atoms with Crippen LogP contribution in [-0.2, 0) is 13.6 Å². The van der Waals surface area contributed by atoms with Gasteiger partial charge in [-0.15, -0.1) is 15.3 Å². The summed E-state index contributed by atoms with van der Waals surface area (Å²) in [6.45, 7) is 1.84. The first-order valence-electron chi connectivity index (χ1n) is 8.22. The first kappa shape index (κ1) is 13.9. The number of rotatable bonds is 4. The molecule has 0 N–H and O–H groups in total. The van der Waals surface area contributed by atoms with E-state index in [0.717, 1.165) is 37.0 Å². The molecule has 1 saturated carbocycles. The van der Waals surface area contributed by atoms with Gasteiger partial charge in [0, 0.05) is 25.7 Å². The van der Waals surface area contributed by atoms with Gasteiger partial charge in [-0.05, 0) is 32.2 Å². The SMILES string of the molecule is Cn1cc(CN2CCCCC2c2nnc(C3CCC3)o2)nn1. The Labute approximate surface area is 129 Å². The third-order valence-electron chi connectivity index (χ3n) is 4.82. The van der Waals surface area contributed by atoms with Gasteiger partial charge in [0.15, 0.2) is 0 Å². The molecule has 4 rings (SSSR count). The summed E-state index contributed by atoms with van der Waals surface area (Å²) < 4.78 is 7.74. The molecule has 22 heavy (non-hydrogen) atoms. The van der Waals surface area contributed by atoms with Gasteiger partial charge >= 0.3 is 0 Å². The van der Waals surface area contributed by atoms with E-state index in [4.69, 9.17) is 4.42 Å². The summed E-state index contributed by atoms with van der Waals surface area (Å²) in [5.41, 5.74) is 0.994. The van der Waals surface area contributed by atoms with Gasteiger partial charge in [-0.3, -0.25) is 9.58 Å². The fourth-order valence-electron chi connectivity index (χ4n) is 3.34. The largest absolute Gasteiger partial charge is 0.423 e. The van der Waals surface area contributed by atoms with Gasteiger partial charge in [0.05, 0.1) is 11.7 Å². The topological polar surface area (TPSA) is 72.9 Å². The number of aryl methyl sites for hydroxylation is 1. The molecule has 118 valence electrons. The lowest BCUT2D eigenvalue weighted by Crippen LogP contribution is -2.33. The molecular formula is C15H22N6O. The van der Waals surface area contributed by atoms with Crippen LogP contribution in [0.1, 0.15) is 68.0 Å². The van der Waals surface area contributed by atoms with Crippen molar-refractivity contribution in [3.8, 4) is 0 Å². The van der Waals surface area contributed by atoms with E-state index in [1.54, 1.807) is 4.68 Å². The third kappa shape index (κ3) is 2.65. The minimum absolute atomic E-state index is 0.220. The molecular weight excluding hydrogens is 280 g/mol. The van der Waals surface area contributed by atoms with E-state index in [-0.39, 0.29) is 6.04 Å². The Morgan fingerprint density at radius 3 is 2.68 bits per heavy atom. The zero-order valence-electron chi connectivity index (χ0n) is 13.0. The van der Waals surface area contributed by atoms with E-state index < -0.39 is 0 Å². The number of aromatic nitrogens is 5. The maximum atomic E-state index is 6.00. The molecule has 0 radical (unpaired) electrons. The molecule has 1 atom stereocenters. The first-order chi connectivity index (χ1) is 10.8.